The molecule has 0 heterocycles. The van der Waals surface area contributed by atoms with E-state index in [4.69, 9.17) is 0 Å². The van der Waals surface area contributed by atoms with Crippen molar-refractivity contribution < 1.29 is 25.2 Å². The highest BCUT2D eigenvalue weighted by Crippen LogP contribution is 2.34. The summed E-state index contributed by atoms with van der Waals surface area (Å²) in [4.78, 5) is 11.6. The van der Waals surface area contributed by atoms with Crippen LogP contribution in [0.15, 0.2) is 46.8 Å². The smallest absolute Gasteiger partial charge is 0.212 e. The standard InChI is InChI=1S/C11H10O5/c12-5-2-1-3-6-7(4-5)9(14)11(16)10(15)8(6)13/h1-3,6,12,14-16H,4H2. The van der Waals surface area contributed by atoms with Gasteiger partial charge in [-0.2, -0.15) is 0 Å². The fraction of sp³-hybridized carbons (Fsp3) is 0.182. The van der Waals surface area contributed by atoms with Crippen LogP contribution in [-0.4, -0.2) is 26.2 Å². The molecule has 0 spiro atoms. The molecule has 16 heavy (non-hydrogen) atoms. The quantitative estimate of drug-likeness (QED) is 0.500. The van der Waals surface area contributed by atoms with E-state index in [1.54, 1.807) is 0 Å². The summed E-state index contributed by atoms with van der Waals surface area (Å²) in [7, 11) is 0. The first-order valence-electron chi connectivity index (χ1n) is 4.67. The highest BCUT2D eigenvalue weighted by Gasteiger charge is 2.36. The molecule has 4 N–H and O–H groups in total. The highest BCUT2D eigenvalue weighted by atomic mass is 16.3. The molecule has 0 aromatic carbocycles. The van der Waals surface area contributed by atoms with Gasteiger partial charge in [0.25, 0.3) is 0 Å². The number of carbonyl (C=O) groups is 1. The lowest BCUT2D eigenvalue weighted by Gasteiger charge is -2.21. The van der Waals surface area contributed by atoms with Gasteiger partial charge in [-0.1, -0.05) is 12.2 Å². The Bertz CT molecular complexity index is 479. The molecule has 2 aliphatic carbocycles. The first-order valence-corrected chi connectivity index (χ1v) is 4.67. The molecule has 5 nitrogen and oxygen atoms in total. The molecule has 0 fully saturated rings. The van der Waals surface area contributed by atoms with Crippen molar-refractivity contribution in [2.24, 2.45) is 5.92 Å². The van der Waals surface area contributed by atoms with Crippen molar-refractivity contribution in [3.63, 3.8) is 0 Å². The fourth-order valence-electron chi connectivity index (χ4n) is 1.76. The number of carbonyl (C=O) groups excluding carboxylic acids is 1. The van der Waals surface area contributed by atoms with Gasteiger partial charge in [-0.15, -0.1) is 0 Å². The first-order chi connectivity index (χ1) is 7.52. The normalized spacial score (nSPS) is 25.4. The Morgan fingerprint density at radius 3 is 2.44 bits per heavy atom. The molecule has 0 saturated carbocycles. The number of fused-ring (bicyclic) bond motifs is 1. The molecule has 0 bridgehead atoms. The average Bonchev–Trinajstić information content (AvgIpc) is 2.45. The second-order valence-electron chi connectivity index (χ2n) is 3.63. The number of ketones is 1. The highest BCUT2D eigenvalue weighted by molar-refractivity contribution is 6.00. The Balaban J connectivity index is 2.57. The minimum atomic E-state index is -0.850. The van der Waals surface area contributed by atoms with Crippen molar-refractivity contribution in [1.29, 1.82) is 0 Å². The predicted molar refractivity (Wildman–Crippen MR) is 54.9 cm³/mol. The van der Waals surface area contributed by atoms with Gasteiger partial charge in [0, 0.05) is 6.42 Å². The lowest BCUT2D eigenvalue weighted by atomic mass is 9.86. The summed E-state index contributed by atoms with van der Waals surface area (Å²) in [5, 5.41) is 37.6. The van der Waals surface area contributed by atoms with Crippen LogP contribution < -0.4 is 0 Å². The molecule has 0 saturated heterocycles. The largest absolute Gasteiger partial charge is 0.512 e. The van der Waals surface area contributed by atoms with Gasteiger partial charge in [0.05, 0.1) is 11.7 Å². The molecular weight excluding hydrogens is 212 g/mol. The molecule has 1 unspecified atom stereocenters. The van der Waals surface area contributed by atoms with Crippen LogP contribution in [0.1, 0.15) is 6.42 Å². The monoisotopic (exact) mass is 222 g/mol. The Morgan fingerprint density at radius 2 is 1.75 bits per heavy atom. The van der Waals surface area contributed by atoms with E-state index < -0.39 is 29.0 Å². The Hall–Kier alpha value is -2.17. The van der Waals surface area contributed by atoms with Gasteiger partial charge in [-0.3, -0.25) is 4.79 Å². The van der Waals surface area contributed by atoms with Gasteiger partial charge in [0.2, 0.25) is 17.3 Å². The molecule has 5 heteroatoms. The Morgan fingerprint density at radius 1 is 1.06 bits per heavy atom. The van der Waals surface area contributed by atoms with E-state index >= 15 is 0 Å². The zero-order valence-corrected chi connectivity index (χ0v) is 8.21. The number of rotatable bonds is 0. The zero-order valence-electron chi connectivity index (χ0n) is 8.21. The van der Waals surface area contributed by atoms with Crippen LogP contribution in [0.25, 0.3) is 0 Å². The molecule has 0 radical (unpaired) electrons. The van der Waals surface area contributed by atoms with Gasteiger partial charge in [-0.05, 0) is 11.6 Å². The molecule has 0 aromatic heterocycles. The first kappa shape index (κ1) is 10.4. The number of hydrogen-bond acceptors (Lipinski definition) is 5. The summed E-state index contributed by atoms with van der Waals surface area (Å²) in [6.45, 7) is 0. The summed E-state index contributed by atoms with van der Waals surface area (Å²) in [6.07, 6.45) is 4.26. The van der Waals surface area contributed by atoms with Crippen LogP contribution in [0.5, 0.6) is 0 Å². The Labute approximate surface area is 91.0 Å². The lowest BCUT2D eigenvalue weighted by Crippen LogP contribution is -2.25. The van der Waals surface area contributed by atoms with Gasteiger partial charge < -0.3 is 20.4 Å². The van der Waals surface area contributed by atoms with Gasteiger partial charge >= 0.3 is 0 Å². The van der Waals surface area contributed by atoms with E-state index in [0.717, 1.165) is 0 Å². The summed E-state index contributed by atoms with van der Waals surface area (Å²) in [5.74, 6) is -3.78. The molecule has 2 rings (SSSR count). The van der Waals surface area contributed by atoms with E-state index in [9.17, 15) is 25.2 Å². The summed E-state index contributed by atoms with van der Waals surface area (Å²) < 4.78 is 0. The molecule has 2 aliphatic rings. The van der Waals surface area contributed by atoms with E-state index in [-0.39, 0.29) is 17.8 Å². The number of aliphatic hydroxyl groups is 4. The number of aliphatic hydroxyl groups excluding tert-OH is 4. The van der Waals surface area contributed by atoms with Gasteiger partial charge in [0.1, 0.15) is 0 Å². The van der Waals surface area contributed by atoms with E-state index in [1.165, 1.54) is 18.2 Å². The molecular formula is C11H10O5. The third-order valence-corrected chi connectivity index (χ3v) is 2.61. The van der Waals surface area contributed by atoms with Crippen molar-refractivity contribution in [1.82, 2.24) is 0 Å². The molecule has 1 atom stereocenters. The van der Waals surface area contributed by atoms with Crippen molar-refractivity contribution in [2.75, 3.05) is 0 Å². The minimum Gasteiger partial charge on any atom is -0.512 e. The Kier molecular flexibility index (Phi) is 2.23. The maximum absolute atomic E-state index is 11.6. The molecule has 0 aliphatic heterocycles. The van der Waals surface area contributed by atoms with E-state index in [0.29, 0.717) is 0 Å². The van der Waals surface area contributed by atoms with Crippen LogP contribution >= 0.6 is 0 Å². The van der Waals surface area contributed by atoms with Crippen molar-refractivity contribution in [3.05, 3.63) is 46.8 Å². The van der Waals surface area contributed by atoms with Crippen LogP contribution in [0, 0.1) is 5.92 Å². The van der Waals surface area contributed by atoms with Crippen LogP contribution in [0.4, 0.5) is 0 Å². The zero-order chi connectivity index (χ0) is 11.9. The second-order valence-corrected chi connectivity index (χ2v) is 3.63. The lowest BCUT2D eigenvalue weighted by molar-refractivity contribution is -0.120. The fourth-order valence-corrected chi connectivity index (χ4v) is 1.76. The number of Topliss-reactive ketones (excluding diaryl/α,β-unsaturated/α-hetero) is 1. The van der Waals surface area contributed by atoms with Crippen LogP contribution in [0.3, 0.4) is 0 Å². The van der Waals surface area contributed by atoms with Crippen LogP contribution in [0.2, 0.25) is 0 Å². The molecule has 0 aromatic rings. The number of hydrogen-bond donors (Lipinski definition) is 4. The number of allylic oxidation sites excluding steroid dienone is 5. The molecule has 84 valence electrons. The average molecular weight is 222 g/mol. The summed E-state index contributed by atoms with van der Waals surface area (Å²) in [5.41, 5.74) is 0.183. The van der Waals surface area contributed by atoms with Crippen molar-refractivity contribution >= 4 is 5.78 Å². The van der Waals surface area contributed by atoms with Crippen molar-refractivity contribution in [2.45, 2.75) is 6.42 Å². The maximum Gasteiger partial charge on any atom is 0.212 e. The van der Waals surface area contributed by atoms with Crippen LogP contribution in [-0.2, 0) is 4.79 Å². The van der Waals surface area contributed by atoms with Gasteiger partial charge in [-0.25, -0.2) is 0 Å². The third-order valence-electron chi connectivity index (χ3n) is 2.61. The van der Waals surface area contributed by atoms with E-state index in [1.807, 2.05) is 0 Å². The maximum atomic E-state index is 11.6. The van der Waals surface area contributed by atoms with E-state index in [2.05, 4.69) is 0 Å². The summed E-state index contributed by atoms with van der Waals surface area (Å²) >= 11 is 0. The third kappa shape index (κ3) is 1.37. The van der Waals surface area contributed by atoms with Gasteiger partial charge in [0.15, 0.2) is 5.76 Å². The second kappa shape index (κ2) is 3.44. The summed E-state index contributed by atoms with van der Waals surface area (Å²) in [6, 6.07) is 0. The SMILES string of the molecule is O=C1C(O)=C(O)C(O)=C2CC(O)=CC=CC12. The topological polar surface area (TPSA) is 98.0 Å². The molecule has 0 amide bonds. The predicted octanol–water partition coefficient (Wildman–Crippen LogP) is 1.73. The van der Waals surface area contributed by atoms with Crippen molar-refractivity contribution in [3.8, 4) is 0 Å². The minimum absolute atomic E-state index is 0.0257.